The molecule has 0 aliphatic rings. The molecule has 4 rings (SSSR count). The monoisotopic (exact) mass is 360 g/mol. The van der Waals surface area contributed by atoms with Crippen LogP contribution in [0.5, 0.6) is 11.5 Å². The summed E-state index contributed by atoms with van der Waals surface area (Å²) in [6, 6.07) is 23.4. The van der Waals surface area contributed by atoms with Gasteiger partial charge in [-0.2, -0.15) is 0 Å². The molecule has 0 unspecified atom stereocenters. The summed E-state index contributed by atoms with van der Waals surface area (Å²) in [6.45, 7) is 0.361. The summed E-state index contributed by atoms with van der Waals surface area (Å²) in [5.74, 6) is 2.08. The highest BCUT2D eigenvalue weighted by Gasteiger charge is 2.16. The molecule has 0 saturated carbocycles. The van der Waals surface area contributed by atoms with E-state index in [1.54, 1.807) is 13.2 Å². The van der Waals surface area contributed by atoms with Crippen LogP contribution in [0.3, 0.4) is 0 Å². The smallest absolute Gasteiger partial charge is 0.139 e. The lowest BCUT2D eigenvalue weighted by Gasteiger charge is -2.10. The van der Waals surface area contributed by atoms with E-state index in [4.69, 9.17) is 13.9 Å². The van der Waals surface area contributed by atoms with Crippen LogP contribution in [0.2, 0.25) is 0 Å². The molecule has 0 amide bonds. The Balaban J connectivity index is 1.71. The lowest BCUT2D eigenvalue weighted by atomic mass is 10.1. The SMILES string of the molecule is COc1ccc2oc(-c3ccccc3OCc3ccccc3)cc2c1CO. The zero-order chi connectivity index (χ0) is 18.6. The number of rotatable bonds is 6. The average Bonchev–Trinajstić information content (AvgIpc) is 3.16. The highest BCUT2D eigenvalue weighted by atomic mass is 16.5. The van der Waals surface area contributed by atoms with Gasteiger partial charge in [0.15, 0.2) is 0 Å². The van der Waals surface area contributed by atoms with Crippen molar-refractivity contribution in [2.45, 2.75) is 13.2 Å². The number of hydrogen-bond acceptors (Lipinski definition) is 4. The Morgan fingerprint density at radius 2 is 1.67 bits per heavy atom. The van der Waals surface area contributed by atoms with Crippen molar-refractivity contribution in [1.82, 2.24) is 0 Å². The number of ether oxygens (including phenoxy) is 2. The zero-order valence-corrected chi connectivity index (χ0v) is 15.0. The van der Waals surface area contributed by atoms with Crippen LogP contribution in [0.4, 0.5) is 0 Å². The number of hydrogen-bond donors (Lipinski definition) is 1. The zero-order valence-electron chi connectivity index (χ0n) is 15.0. The van der Waals surface area contributed by atoms with Gasteiger partial charge in [-0.15, -0.1) is 0 Å². The number of methoxy groups -OCH3 is 1. The third-order valence-corrected chi connectivity index (χ3v) is 4.54. The standard InChI is InChI=1S/C23H20O4/c1-25-20-11-12-22-18(19(20)14-24)13-23(27-22)17-9-5-6-10-21(17)26-15-16-7-3-2-4-8-16/h2-13,24H,14-15H2,1H3. The summed E-state index contributed by atoms with van der Waals surface area (Å²) in [7, 11) is 1.59. The molecule has 1 heterocycles. The molecule has 4 aromatic rings. The third kappa shape index (κ3) is 3.39. The van der Waals surface area contributed by atoms with Crippen LogP contribution in [0, 0.1) is 0 Å². The first-order valence-electron chi connectivity index (χ1n) is 8.76. The molecular formula is C23H20O4. The fraction of sp³-hybridized carbons (Fsp3) is 0.130. The van der Waals surface area contributed by atoms with E-state index in [-0.39, 0.29) is 6.61 Å². The molecule has 0 bridgehead atoms. The van der Waals surface area contributed by atoms with Gasteiger partial charge in [0.1, 0.15) is 29.4 Å². The quantitative estimate of drug-likeness (QED) is 0.515. The van der Waals surface area contributed by atoms with Crippen LogP contribution in [0.15, 0.2) is 77.2 Å². The second-order valence-electron chi connectivity index (χ2n) is 6.20. The minimum atomic E-state index is -0.119. The molecule has 0 radical (unpaired) electrons. The van der Waals surface area contributed by atoms with Crippen molar-refractivity contribution in [2.24, 2.45) is 0 Å². The Labute approximate surface area is 157 Å². The van der Waals surface area contributed by atoms with Crippen LogP contribution in [0.1, 0.15) is 11.1 Å². The van der Waals surface area contributed by atoms with Gasteiger partial charge in [0.25, 0.3) is 0 Å². The van der Waals surface area contributed by atoms with Gasteiger partial charge in [0.2, 0.25) is 0 Å². The maximum absolute atomic E-state index is 9.75. The highest BCUT2D eigenvalue weighted by Crippen LogP contribution is 2.37. The molecule has 3 aromatic carbocycles. The van der Waals surface area contributed by atoms with Crippen molar-refractivity contribution < 1.29 is 19.0 Å². The van der Waals surface area contributed by atoms with Gasteiger partial charge in [-0.25, -0.2) is 0 Å². The highest BCUT2D eigenvalue weighted by molar-refractivity contribution is 5.88. The van der Waals surface area contributed by atoms with Gasteiger partial charge >= 0.3 is 0 Å². The Bertz CT molecular complexity index is 1050. The Hall–Kier alpha value is -3.24. The molecule has 4 heteroatoms. The fourth-order valence-corrected chi connectivity index (χ4v) is 3.17. The van der Waals surface area contributed by atoms with Gasteiger partial charge in [-0.05, 0) is 35.9 Å². The molecule has 27 heavy (non-hydrogen) atoms. The molecule has 4 nitrogen and oxygen atoms in total. The van der Waals surface area contributed by atoms with Crippen molar-refractivity contribution >= 4 is 11.0 Å². The van der Waals surface area contributed by atoms with Crippen LogP contribution < -0.4 is 9.47 Å². The predicted molar refractivity (Wildman–Crippen MR) is 105 cm³/mol. The lowest BCUT2D eigenvalue weighted by molar-refractivity contribution is 0.275. The summed E-state index contributed by atoms with van der Waals surface area (Å²) in [5.41, 5.74) is 3.39. The average molecular weight is 360 g/mol. The number of furan rings is 1. The first-order chi connectivity index (χ1) is 13.3. The molecule has 0 fully saturated rings. The van der Waals surface area contributed by atoms with Crippen molar-refractivity contribution in [3.8, 4) is 22.8 Å². The van der Waals surface area contributed by atoms with Crippen molar-refractivity contribution in [2.75, 3.05) is 7.11 Å². The van der Waals surface area contributed by atoms with E-state index in [0.29, 0.717) is 29.3 Å². The molecular weight excluding hydrogens is 340 g/mol. The number of aliphatic hydroxyl groups excluding tert-OH is 1. The topological polar surface area (TPSA) is 51.8 Å². The minimum Gasteiger partial charge on any atom is -0.496 e. The largest absolute Gasteiger partial charge is 0.496 e. The summed E-state index contributed by atoms with van der Waals surface area (Å²) in [6.07, 6.45) is 0. The number of para-hydroxylation sites is 1. The van der Waals surface area contributed by atoms with Crippen molar-refractivity contribution in [3.63, 3.8) is 0 Å². The predicted octanol–water partition coefficient (Wildman–Crippen LogP) is 5.18. The molecule has 0 saturated heterocycles. The fourth-order valence-electron chi connectivity index (χ4n) is 3.17. The summed E-state index contributed by atoms with van der Waals surface area (Å²) in [4.78, 5) is 0. The normalized spacial score (nSPS) is 10.9. The molecule has 0 atom stereocenters. The van der Waals surface area contributed by atoms with E-state index in [2.05, 4.69) is 0 Å². The molecule has 0 spiro atoms. The Morgan fingerprint density at radius 3 is 2.44 bits per heavy atom. The summed E-state index contributed by atoms with van der Waals surface area (Å²) >= 11 is 0. The van der Waals surface area contributed by atoms with Gasteiger partial charge in [0.05, 0.1) is 19.3 Å². The number of aliphatic hydroxyl groups is 1. The van der Waals surface area contributed by atoms with E-state index in [9.17, 15) is 5.11 Å². The van der Waals surface area contributed by atoms with Gasteiger partial charge in [-0.1, -0.05) is 42.5 Å². The second kappa shape index (κ2) is 7.56. The van der Waals surface area contributed by atoms with E-state index >= 15 is 0 Å². The first kappa shape index (κ1) is 17.2. The first-order valence-corrected chi connectivity index (χ1v) is 8.76. The molecule has 1 aromatic heterocycles. The van der Waals surface area contributed by atoms with E-state index in [1.165, 1.54) is 0 Å². The van der Waals surface area contributed by atoms with Gasteiger partial charge in [-0.3, -0.25) is 0 Å². The van der Waals surface area contributed by atoms with Crippen molar-refractivity contribution in [3.05, 3.63) is 83.9 Å². The molecule has 1 N–H and O–H groups in total. The second-order valence-corrected chi connectivity index (χ2v) is 6.20. The van der Waals surface area contributed by atoms with Gasteiger partial charge < -0.3 is 19.0 Å². The van der Waals surface area contributed by atoms with E-state index in [1.807, 2.05) is 66.7 Å². The lowest BCUT2D eigenvalue weighted by Crippen LogP contribution is -1.96. The van der Waals surface area contributed by atoms with Crippen LogP contribution >= 0.6 is 0 Å². The number of benzene rings is 3. The van der Waals surface area contributed by atoms with Gasteiger partial charge in [0, 0.05) is 10.9 Å². The van der Waals surface area contributed by atoms with Crippen LogP contribution in [-0.2, 0) is 13.2 Å². The molecule has 0 aliphatic heterocycles. The minimum absolute atomic E-state index is 0.119. The van der Waals surface area contributed by atoms with E-state index < -0.39 is 0 Å². The maximum Gasteiger partial charge on any atom is 0.139 e. The molecule has 136 valence electrons. The Kier molecular flexibility index (Phi) is 4.81. The van der Waals surface area contributed by atoms with E-state index in [0.717, 1.165) is 22.3 Å². The van der Waals surface area contributed by atoms with Crippen molar-refractivity contribution in [1.29, 1.82) is 0 Å². The Morgan fingerprint density at radius 1 is 0.889 bits per heavy atom. The summed E-state index contributed by atoms with van der Waals surface area (Å²) in [5, 5.41) is 10.6. The maximum atomic E-state index is 9.75. The summed E-state index contributed by atoms with van der Waals surface area (Å²) < 4.78 is 17.4. The number of fused-ring (bicyclic) bond motifs is 1. The third-order valence-electron chi connectivity index (χ3n) is 4.54. The van der Waals surface area contributed by atoms with Crippen LogP contribution in [0.25, 0.3) is 22.3 Å². The molecule has 0 aliphatic carbocycles. The van der Waals surface area contributed by atoms with Crippen LogP contribution in [-0.4, -0.2) is 12.2 Å².